The predicted molar refractivity (Wildman–Crippen MR) is 68.9 cm³/mol. The van der Waals surface area contributed by atoms with E-state index in [9.17, 15) is 22.5 Å². The summed E-state index contributed by atoms with van der Waals surface area (Å²) in [6.45, 7) is 4.78. The number of alkyl halides is 3. The van der Waals surface area contributed by atoms with E-state index in [1.165, 1.54) is 12.1 Å². The third kappa shape index (κ3) is 6.58. The van der Waals surface area contributed by atoms with Crippen LogP contribution in [0.25, 0.3) is 0 Å². The Labute approximate surface area is 122 Å². The normalized spacial score (nSPS) is 13.5. The standard InChI is InChI=1S/C12H14F3NO4S/c1-11(2,3)20-10(17)16-21(18)9-7-5-4-6-8(9)19-12(13,14)15/h4-7H,1-3H3,(H,16,17). The lowest BCUT2D eigenvalue weighted by Crippen LogP contribution is -2.36. The zero-order chi connectivity index (χ0) is 16.3. The van der Waals surface area contributed by atoms with Crippen LogP contribution in [-0.4, -0.2) is 22.6 Å². The lowest BCUT2D eigenvalue weighted by atomic mass is 10.2. The van der Waals surface area contributed by atoms with Crippen molar-refractivity contribution in [3.05, 3.63) is 24.3 Å². The van der Waals surface area contributed by atoms with Crippen LogP contribution in [0.4, 0.5) is 18.0 Å². The summed E-state index contributed by atoms with van der Waals surface area (Å²) in [5.74, 6) is -0.653. The van der Waals surface area contributed by atoms with Gasteiger partial charge in [-0.2, -0.15) is 0 Å². The van der Waals surface area contributed by atoms with Gasteiger partial charge in [0.2, 0.25) is 4.90 Å². The van der Waals surface area contributed by atoms with Crippen LogP contribution in [0.15, 0.2) is 29.2 Å². The Hall–Kier alpha value is -1.61. The van der Waals surface area contributed by atoms with E-state index in [0.29, 0.717) is 0 Å². The van der Waals surface area contributed by atoms with Crippen molar-refractivity contribution in [3.63, 3.8) is 0 Å². The first kappa shape index (κ1) is 17.4. The molecular weight excluding hydrogens is 311 g/mol. The van der Waals surface area contributed by atoms with Gasteiger partial charge in [-0.25, -0.2) is 4.79 Å². The van der Waals surface area contributed by atoms with E-state index >= 15 is 0 Å². The summed E-state index contributed by atoms with van der Waals surface area (Å²) >= 11 is -2.24. The number of hydrogen-bond acceptors (Lipinski definition) is 4. The summed E-state index contributed by atoms with van der Waals surface area (Å²) in [4.78, 5) is 11.1. The van der Waals surface area contributed by atoms with Crippen molar-refractivity contribution in [2.45, 2.75) is 37.6 Å². The second-order valence-corrected chi connectivity index (χ2v) is 6.05. The van der Waals surface area contributed by atoms with Gasteiger partial charge in [0.15, 0.2) is 5.75 Å². The Morgan fingerprint density at radius 3 is 2.33 bits per heavy atom. The van der Waals surface area contributed by atoms with E-state index in [2.05, 4.69) is 4.74 Å². The molecule has 0 bridgehead atoms. The fourth-order valence-electron chi connectivity index (χ4n) is 1.24. The van der Waals surface area contributed by atoms with Crippen molar-refractivity contribution in [3.8, 4) is 5.75 Å². The molecule has 1 aromatic carbocycles. The number of carbonyl (C=O) groups excluding carboxylic acids is 1. The van der Waals surface area contributed by atoms with Crippen molar-refractivity contribution in [1.29, 1.82) is 0 Å². The molecule has 0 fully saturated rings. The van der Waals surface area contributed by atoms with Crippen molar-refractivity contribution in [2.75, 3.05) is 0 Å². The molecular formula is C12H14F3NO4S. The van der Waals surface area contributed by atoms with Gasteiger partial charge in [0.05, 0.1) is 0 Å². The van der Waals surface area contributed by atoms with Crippen molar-refractivity contribution < 1.29 is 32.0 Å². The number of ether oxygens (including phenoxy) is 2. The summed E-state index contributed by atoms with van der Waals surface area (Å²) in [6.07, 6.45) is -5.94. The molecule has 21 heavy (non-hydrogen) atoms. The molecule has 1 atom stereocenters. The predicted octanol–water partition coefficient (Wildman–Crippen LogP) is 3.13. The number of carbonyl (C=O) groups is 1. The second-order valence-electron chi connectivity index (χ2n) is 4.87. The molecule has 0 saturated carbocycles. The van der Waals surface area contributed by atoms with E-state index < -0.39 is 35.2 Å². The Bertz CT molecular complexity index is 502. The van der Waals surface area contributed by atoms with Gasteiger partial charge in [0.1, 0.15) is 17.0 Å². The molecule has 1 N–H and O–H groups in total. The number of nitrogens with one attached hydrogen (secondary N) is 1. The molecule has 0 saturated heterocycles. The van der Waals surface area contributed by atoms with E-state index in [4.69, 9.17) is 4.74 Å². The maximum atomic E-state index is 12.2. The first-order valence-corrected chi connectivity index (χ1v) is 6.89. The van der Waals surface area contributed by atoms with Gasteiger partial charge in [-0.05, 0) is 32.9 Å². The number of halogens is 3. The molecule has 9 heteroatoms. The molecule has 0 aromatic heterocycles. The second kappa shape index (κ2) is 6.44. The maximum Gasteiger partial charge on any atom is 0.573 e. The molecule has 118 valence electrons. The molecule has 0 aliphatic heterocycles. The molecule has 1 aromatic rings. The van der Waals surface area contributed by atoms with Crippen molar-refractivity contribution in [1.82, 2.24) is 4.72 Å². The Balaban J connectivity index is 2.83. The Morgan fingerprint density at radius 1 is 1.24 bits per heavy atom. The summed E-state index contributed by atoms with van der Waals surface area (Å²) in [5, 5.41) is 0. The number of hydrogen-bond donors (Lipinski definition) is 1. The maximum absolute atomic E-state index is 12.2. The number of benzene rings is 1. The van der Waals surface area contributed by atoms with Crippen molar-refractivity contribution >= 4 is 17.5 Å². The van der Waals surface area contributed by atoms with Crippen LogP contribution in [0.1, 0.15) is 20.8 Å². The fourth-order valence-corrected chi connectivity index (χ4v) is 2.04. The third-order valence-electron chi connectivity index (χ3n) is 1.85. The highest BCUT2D eigenvalue weighted by molar-refractivity contribution is 7.90. The number of para-hydroxylation sites is 1. The van der Waals surface area contributed by atoms with Gasteiger partial charge in [-0.15, -0.1) is 17.9 Å². The summed E-state index contributed by atoms with van der Waals surface area (Å²) < 4.78 is 59.2. The monoisotopic (exact) mass is 325 g/mol. The molecule has 0 radical (unpaired) electrons. The third-order valence-corrected chi connectivity index (χ3v) is 2.94. The first-order valence-electron chi connectivity index (χ1n) is 5.74. The van der Waals surface area contributed by atoms with Crippen LogP contribution >= 0.6 is 0 Å². The fraction of sp³-hybridized carbons (Fsp3) is 0.417. The topological polar surface area (TPSA) is 70.6 Å². The highest BCUT2D eigenvalue weighted by Crippen LogP contribution is 2.29. The zero-order valence-corrected chi connectivity index (χ0v) is 12.3. The summed E-state index contributed by atoms with van der Waals surface area (Å²) in [7, 11) is 0. The van der Waals surface area contributed by atoms with E-state index in [0.717, 1.165) is 12.1 Å². The molecule has 0 heterocycles. The van der Waals surface area contributed by atoms with E-state index in [1.54, 1.807) is 20.8 Å². The highest BCUT2D eigenvalue weighted by atomic mass is 32.2. The Kier molecular flexibility index (Phi) is 5.35. The summed E-state index contributed by atoms with van der Waals surface area (Å²) in [5.41, 5.74) is -0.823. The van der Waals surface area contributed by atoms with Gasteiger partial charge >= 0.3 is 12.5 Å². The largest absolute Gasteiger partial charge is 0.588 e. The highest BCUT2D eigenvalue weighted by Gasteiger charge is 2.34. The zero-order valence-electron chi connectivity index (χ0n) is 11.5. The summed E-state index contributed by atoms with van der Waals surface area (Å²) in [6, 6.07) is 4.80. The van der Waals surface area contributed by atoms with E-state index in [1.807, 2.05) is 4.72 Å². The molecule has 1 amide bonds. The Morgan fingerprint density at radius 2 is 1.81 bits per heavy atom. The quantitative estimate of drug-likeness (QED) is 0.867. The average Bonchev–Trinajstić information content (AvgIpc) is 2.24. The van der Waals surface area contributed by atoms with Crippen LogP contribution in [-0.2, 0) is 16.1 Å². The molecule has 1 rings (SSSR count). The minimum Gasteiger partial charge on any atom is -0.588 e. The van der Waals surface area contributed by atoms with Gasteiger partial charge in [-0.3, -0.25) is 0 Å². The molecule has 0 aliphatic rings. The average molecular weight is 325 g/mol. The van der Waals surface area contributed by atoms with Crippen LogP contribution in [0.3, 0.4) is 0 Å². The van der Waals surface area contributed by atoms with Crippen LogP contribution < -0.4 is 9.46 Å². The lowest BCUT2D eigenvalue weighted by molar-refractivity contribution is -0.275. The smallest absolute Gasteiger partial charge is 0.573 e. The molecule has 5 nitrogen and oxygen atoms in total. The van der Waals surface area contributed by atoms with Gasteiger partial charge in [0.25, 0.3) is 0 Å². The minimum atomic E-state index is -4.92. The van der Waals surface area contributed by atoms with E-state index in [-0.39, 0.29) is 4.90 Å². The van der Waals surface area contributed by atoms with Crippen LogP contribution in [0.5, 0.6) is 5.75 Å². The number of amides is 1. The van der Waals surface area contributed by atoms with Gasteiger partial charge in [0, 0.05) is 0 Å². The molecule has 1 unspecified atom stereocenters. The van der Waals surface area contributed by atoms with Crippen LogP contribution in [0, 0.1) is 0 Å². The number of rotatable bonds is 3. The van der Waals surface area contributed by atoms with Gasteiger partial charge < -0.3 is 14.0 Å². The van der Waals surface area contributed by atoms with Crippen molar-refractivity contribution in [2.24, 2.45) is 0 Å². The minimum absolute atomic E-state index is 0.319. The molecule has 0 aliphatic carbocycles. The SMILES string of the molecule is CC(C)(C)OC(=O)N[S+]([O-])c1ccccc1OC(F)(F)F. The molecule has 0 spiro atoms. The van der Waals surface area contributed by atoms with Crippen LogP contribution in [0.2, 0.25) is 0 Å². The van der Waals surface area contributed by atoms with Gasteiger partial charge in [-0.1, -0.05) is 12.1 Å². The lowest BCUT2D eigenvalue weighted by Gasteiger charge is -2.20. The first-order chi connectivity index (χ1) is 9.48.